The topological polar surface area (TPSA) is 77.1 Å². The van der Waals surface area contributed by atoms with Gasteiger partial charge in [0.1, 0.15) is 17.6 Å². The standard InChI is InChI=1S/C26H28ClF3N2O5S/c1-32-12-11-19(16-32)37-22-13-18(9-10-21(22)27)31-38(33,34)23-15-25(36-3,26(28,29)30)24(35-2)14-20(23)17-7-5-4-6-8-17/h4-10,13-15,19-20,31H,11-12,16H2,1-3H3/t19-,20?,25?/m1/s1. The third-order valence-corrected chi connectivity index (χ3v) is 8.40. The Morgan fingerprint density at radius 3 is 2.42 bits per heavy atom. The number of sulfonamides is 1. The molecule has 1 saturated heterocycles. The molecule has 0 bridgehead atoms. The molecule has 2 unspecified atom stereocenters. The molecule has 0 amide bonds. The molecular weight excluding hydrogens is 545 g/mol. The van der Waals surface area contributed by atoms with Crippen molar-refractivity contribution < 1.29 is 35.8 Å². The van der Waals surface area contributed by atoms with E-state index in [2.05, 4.69) is 9.62 Å². The minimum atomic E-state index is -5.01. The van der Waals surface area contributed by atoms with Crippen molar-refractivity contribution in [3.63, 3.8) is 0 Å². The highest BCUT2D eigenvalue weighted by molar-refractivity contribution is 7.96. The lowest BCUT2D eigenvalue weighted by Gasteiger charge is -2.37. The van der Waals surface area contributed by atoms with Gasteiger partial charge in [-0.2, -0.15) is 13.2 Å². The summed E-state index contributed by atoms with van der Waals surface area (Å²) in [6.07, 6.45) is -2.68. The minimum absolute atomic E-state index is 0.0833. The summed E-state index contributed by atoms with van der Waals surface area (Å²) in [6.45, 7) is 1.53. The average Bonchev–Trinajstić information content (AvgIpc) is 3.29. The molecule has 1 aliphatic carbocycles. The Kier molecular flexibility index (Phi) is 8.04. The molecule has 1 N–H and O–H groups in total. The highest BCUT2D eigenvalue weighted by Gasteiger charge is 2.61. The van der Waals surface area contributed by atoms with Gasteiger partial charge in [-0.1, -0.05) is 41.9 Å². The number of ether oxygens (including phenoxy) is 3. The number of hydrogen-bond acceptors (Lipinski definition) is 6. The SMILES string of the molecule is COC1=CC(c2ccccc2)C(S(=O)(=O)Nc2ccc(Cl)c(O[C@@H]3CCN(C)C3)c2)=CC1(OC)C(F)(F)F. The van der Waals surface area contributed by atoms with Crippen molar-refractivity contribution in [3.8, 4) is 5.75 Å². The highest BCUT2D eigenvalue weighted by atomic mass is 35.5. The molecule has 7 nitrogen and oxygen atoms in total. The van der Waals surface area contributed by atoms with E-state index >= 15 is 0 Å². The first-order chi connectivity index (χ1) is 17.9. The van der Waals surface area contributed by atoms with E-state index in [0.29, 0.717) is 18.2 Å². The molecule has 2 aromatic rings. The summed E-state index contributed by atoms with van der Waals surface area (Å²) in [7, 11) is -0.661. The van der Waals surface area contributed by atoms with E-state index in [9.17, 15) is 21.6 Å². The molecule has 38 heavy (non-hydrogen) atoms. The number of halogens is 4. The normalized spacial score (nSPS) is 24.5. The molecule has 2 aliphatic rings. The molecule has 3 atom stereocenters. The maximum Gasteiger partial charge on any atom is 0.428 e. The summed E-state index contributed by atoms with van der Waals surface area (Å²) in [5.74, 6) is -1.37. The fourth-order valence-corrected chi connectivity index (χ4v) is 6.22. The third-order valence-electron chi connectivity index (χ3n) is 6.59. The second kappa shape index (κ2) is 10.8. The number of nitrogens with zero attached hydrogens (tertiary/aromatic N) is 1. The Hall–Kier alpha value is -2.73. The molecule has 0 saturated carbocycles. The van der Waals surface area contributed by atoms with Crippen molar-refractivity contribution in [2.45, 2.75) is 30.2 Å². The summed E-state index contributed by atoms with van der Waals surface area (Å²) in [4.78, 5) is 1.55. The molecule has 0 aromatic heterocycles. The Morgan fingerprint density at radius 1 is 1.13 bits per heavy atom. The van der Waals surface area contributed by atoms with Crippen molar-refractivity contribution in [2.75, 3.05) is 39.1 Å². The maximum absolute atomic E-state index is 14.3. The smallest absolute Gasteiger partial charge is 0.428 e. The summed E-state index contributed by atoms with van der Waals surface area (Å²) in [6, 6.07) is 12.6. The zero-order valence-electron chi connectivity index (χ0n) is 21.0. The zero-order valence-corrected chi connectivity index (χ0v) is 22.5. The molecule has 12 heteroatoms. The predicted octanol–water partition coefficient (Wildman–Crippen LogP) is 5.32. The van der Waals surface area contributed by atoms with E-state index in [-0.39, 0.29) is 22.6 Å². The number of alkyl halides is 3. The second-order valence-electron chi connectivity index (χ2n) is 9.15. The average molecular weight is 573 g/mol. The molecular formula is C26H28ClF3N2O5S. The van der Waals surface area contributed by atoms with Gasteiger partial charge in [0, 0.05) is 32.2 Å². The van der Waals surface area contributed by atoms with Gasteiger partial charge in [0.05, 0.1) is 22.7 Å². The molecule has 1 fully saturated rings. The van der Waals surface area contributed by atoms with Crippen LogP contribution in [0.15, 0.2) is 71.3 Å². The van der Waals surface area contributed by atoms with Crippen LogP contribution in [0.5, 0.6) is 5.75 Å². The van der Waals surface area contributed by atoms with E-state index in [4.69, 9.17) is 25.8 Å². The van der Waals surface area contributed by atoms with Gasteiger partial charge in [0.15, 0.2) is 0 Å². The number of rotatable bonds is 8. The summed E-state index contributed by atoms with van der Waals surface area (Å²) < 4.78 is 88.7. The Labute approximate surface area is 224 Å². The molecule has 1 aliphatic heterocycles. The van der Waals surface area contributed by atoms with Gasteiger partial charge < -0.3 is 19.1 Å². The number of allylic oxidation sites excluding steroid dienone is 2. The van der Waals surface area contributed by atoms with Crippen molar-refractivity contribution in [1.82, 2.24) is 4.90 Å². The Balaban J connectivity index is 1.75. The van der Waals surface area contributed by atoms with E-state index in [1.165, 1.54) is 18.2 Å². The zero-order chi connectivity index (χ0) is 27.7. The van der Waals surface area contributed by atoms with Crippen LogP contribution in [0, 0.1) is 0 Å². The lowest BCUT2D eigenvalue weighted by atomic mass is 9.85. The first-order valence-electron chi connectivity index (χ1n) is 11.7. The third kappa shape index (κ3) is 5.51. The number of hydrogen-bond donors (Lipinski definition) is 1. The minimum Gasteiger partial charge on any atom is -0.498 e. The lowest BCUT2D eigenvalue weighted by molar-refractivity contribution is -0.245. The van der Waals surface area contributed by atoms with Crippen molar-refractivity contribution in [2.24, 2.45) is 0 Å². The largest absolute Gasteiger partial charge is 0.498 e. The summed E-state index contributed by atoms with van der Waals surface area (Å²) >= 11 is 6.28. The number of likely N-dealkylation sites (N-methyl/N-ethyl adjacent to an activating group) is 1. The maximum atomic E-state index is 14.3. The van der Waals surface area contributed by atoms with E-state index in [1.54, 1.807) is 30.3 Å². The first kappa shape index (κ1) is 28.3. The van der Waals surface area contributed by atoms with Gasteiger partial charge in [-0.15, -0.1) is 0 Å². The van der Waals surface area contributed by atoms with Crippen LogP contribution >= 0.6 is 11.6 Å². The van der Waals surface area contributed by atoms with Crippen molar-refractivity contribution >= 4 is 27.3 Å². The van der Waals surface area contributed by atoms with Crippen LogP contribution in [0.2, 0.25) is 5.02 Å². The number of nitrogens with one attached hydrogen (secondary N) is 1. The van der Waals surface area contributed by atoms with Gasteiger partial charge in [0.2, 0.25) is 5.60 Å². The molecule has 1 heterocycles. The van der Waals surface area contributed by atoms with Crippen molar-refractivity contribution in [1.29, 1.82) is 0 Å². The fourth-order valence-electron chi connectivity index (χ4n) is 4.64. The van der Waals surface area contributed by atoms with Crippen molar-refractivity contribution in [3.05, 3.63) is 81.9 Å². The van der Waals surface area contributed by atoms with Gasteiger partial charge >= 0.3 is 6.18 Å². The van der Waals surface area contributed by atoms with E-state index in [1.807, 2.05) is 7.05 Å². The van der Waals surface area contributed by atoms with E-state index in [0.717, 1.165) is 33.3 Å². The number of methoxy groups -OCH3 is 2. The second-order valence-corrected chi connectivity index (χ2v) is 11.2. The van der Waals surface area contributed by atoms with Crippen LogP contribution in [0.4, 0.5) is 18.9 Å². The van der Waals surface area contributed by atoms with Gasteiger partial charge in [0.25, 0.3) is 10.0 Å². The first-order valence-corrected chi connectivity index (χ1v) is 13.6. The van der Waals surface area contributed by atoms with Crippen LogP contribution in [-0.4, -0.2) is 65.6 Å². The lowest BCUT2D eigenvalue weighted by Crippen LogP contribution is -2.50. The van der Waals surface area contributed by atoms with Crippen LogP contribution < -0.4 is 9.46 Å². The number of anilines is 1. The molecule has 4 rings (SSSR count). The summed E-state index contributed by atoms with van der Waals surface area (Å²) in [5.41, 5.74) is -2.56. The highest BCUT2D eigenvalue weighted by Crippen LogP contribution is 2.48. The van der Waals surface area contributed by atoms with Crippen LogP contribution in [0.1, 0.15) is 17.9 Å². The Morgan fingerprint density at radius 2 is 1.84 bits per heavy atom. The number of likely N-dealkylation sites (tertiary alicyclic amines) is 1. The van der Waals surface area contributed by atoms with Gasteiger partial charge in [-0.3, -0.25) is 4.72 Å². The van der Waals surface area contributed by atoms with Gasteiger partial charge in [-0.05, 0) is 43.3 Å². The predicted molar refractivity (Wildman–Crippen MR) is 139 cm³/mol. The van der Waals surface area contributed by atoms with Gasteiger partial charge in [-0.25, -0.2) is 8.42 Å². The van der Waals surface area contributed by atoms with Crippen LogP contribution in [0.25, 0.3) is 0 Å². The van der Waals surface area contributed by atoms with Crippen LogP contribution in [-0.2, 0) is 19.5 Å². The monoisotopic (exact) mass is 572 g/mol. The van der Waals surface area contributed by atoms with Crippen LogP contribution in [0.3, 0.4) is 0 Å². The molecule has 206 valence electrons. The Bertz CT molecular complexity index is 1330. The van der Waals surface area contributed by atoms with E-state index < -0.39 is 38.4 Å². The number of benzene rings is 2. The quantitative estimate of drug-likeness (QED) is 0.461. The fraction of sp³-hybridized carbons (Fsp3) is 0.385. The molecule has 0 radical (unpaired) electrons. The summed E-state index contributed by atoms with van der Waals surface area (Å²) in [5, 5.41) is 0.282. The molecule has 0 spiro atoms. The molecule has 2 aromatic carbocycles.